The Morgan fingerprint density at radius 3 is 2.65 bits per heavy atom. The molecule has 0 radical (unpaired) electrons. The molecule has 2 aromatic carbocycles. The molecule has 124 valence electrons. The fraction of sp³-hybridized carbons (Fsp3) is 0.294. The van der Waals surface area contributed by atoms with Crippen LogP contribution in [-0.2, 0) is 6.42 Å². The van der Waals surface area contributed by atoms with Crippen LogP contribution < -0.4 is 10.5 Å². The summed E-state index contributed by atoms with van der Waals surface area (Å²) in [6, 6.07) is 8.16. The average Bonchev–Trinajstić information content (AvgIpc) is 2.47. The third-order valence-electron chi connectivity index (χ3n) is 3.86. The molecule has 0 bridgehead atoms. The maximum Gasteiger partial charge on any atom is 0.130 e. The molecule has 0 aromatic heterocycles. The number of fused-ring (bicyclic) bond motifs is 1. The first-order valence-electron chi connectivity index (χ1n) is 7.23. The number of halogens is 4. The van der Waals surface area contributed by atoms with Crippen molar-refractivity contribution in [2.24, 2.45) is 5.73 Å². The molecule has 0 amide bonds. The highest BCUT2D eigenvalue weighted by molar-refractivity contribution is 6.36. The predicted octanol–water partition coefficient (Wildman–Crippen LogP) is 5.26. The van der Waals surface area contributed by atoms with Crippen molar-refractivity contribution in [3.8, 4) is 16.9 Å². The third-order valence-corrected chi connectivity index (χ3v) is 4.41. The van der Waals surface area contributed by atoms with Gasteiger partial charge in [0.05, 0.1) is 5.02 Å². The minimum Gasteiger partial charge on any atom is -0.489 e. The molecule has 6 heteroatoms. The van der Waals surface area contributed by atoms with E-state index in [2.05, 4.69) is 0 Å². The molecule has 2 N–H and O–H groups in total. The Morgan fingerprint density at radius 2 is 1.96 bits per heavy atom. The largest absolute Gasteiger partial charge is 0.489 e. The van der Waals surface area contributed by atoms with Crippen molar-refractivity contribution in [3.63, 3.8) is 0 Å². The molecule has 0 fully saturated rings. The molecule has 0 spiro atoms. The Morgan fingerprint density at radius 1 is 1.17 bits per heavy atom. The van der Waals surface area contributed by atoms with Crippen molar-refractivity contribution in [2.45, 2.75) is 25.4 Å². The lowest BCUT2D eigenvalue weighted by atomic mass is 9.94. The van der Waals surface area contributed by atoms with Crippen LogP contribution in [0.1, 0.15) is 18.4 Å². The van der Waals surface area contributed by atoms with Gasteiger partial charge in [-0.3, -0.25) is 0 Å². The zero-order chi connectivity index (χ0) is 15.7. The summed E-state index contributed by atoms with van der Waals surface area (Å²) < 4.78 is 20.0. The number of ether oxygens (including phenoxy) is 1. The first-order valence-corrected chi connectivity index (χ1v) is 7.98. The molecule has 3 rings (SSSR count). The van der Waals surface area contributed by atoms with Gasteiger partial charge in [0.1, 0.15) is 17.7 Å². The predicted molar refractivity (Wildman–Crippen MR) is 95.5 cm³/mol. The van der Waals surface area contributed by atoms with E-state index in [0.29, 0.717) is 27.9 Å². The lowest BCUT2D eigenvalue weighted by molar-refractivity contribution is 0.167. The molecule has 0 unspecified atom stereocenters. The van der Waals surface area contributed by atoms with Crippen molar-refractivity contribution in [1.29, 1.82) is 0 Å². The molecule has 23 heavy (non-hydrogen) atoms. The Hall–Kier alpha value is -1.00. The van der Waals surface area contributed by atoms with Gasteiger partial charge in [0.25, 0.3) is 0 Å². The number of aryl methyl sites for hydroxylation is 1. The summed E-state index contributed by atoms with van der Waals surface area (Å²) >= 11 is 12.2. The second kappa shape index (κ2) is 7.71. The van der Waals surface area contributed by atoms with E-state index >= 15 is 0 Å². The molecule has 0 saturated carbocycles. The zero-order valence-electron chi connectivity index (χ0n) is 12.3. The second-order valence-electron chi connectivity index (χ2n) is 5.42. The highest BCUT2D eigenvalue weighted by Crippen LogP contribution is 2.42. The smallest absolute Gasteiger partial charge is 0.130 e. The van der Waals surface area contributed by atoms with Crippen LogP contribution in [0.15, 0.2) is 30.3 Å². The van der Waals surface area contributed by atoms with E-state index in [0.717, 1.165) is 30.4 Å². The minimum absolute atomic E-state index is 0. The van der Waals surface area contributed by atoms with Crippen LogP contribution in [-0.4, -0.2) is 12.6 Å². The van der Waals surface area contributed by atoms with Gasteiger partial charge in [0.15, 0.2) is 0 Å². The van der Waals surface area contributed by atoms with Crippen LogP contribution >= 0.6 is 35.6 Å². The van der Waals surface area contributed by atoms with Crippen LogP contribution in [0.4, 0.5) is 4.39 Å². The van der Waals surface area contributed by atoms with Crippen molar-refractivity contribution in [3.05, 3.63) is 51.8 Å². The molecule has 2 aromatic rings. The van der Waals surface area contributed by atoms with Gasteiger partial charge < -0.3 is 10.5 Å². The maximum absolute atomic E-state index is 14.0. The Labute approximate surface area is 151 Å². The van der Waals surface area contributed by atoms with Crippen molar-refractivity contribution < 1.29 is 9.13 Å². The average molecular weight is 377 g/mol. The zero-order valence-corrected chi connectivity index (χ0v) is 14.6. The molecule has 1 aliphatic rings. The first-order chi connectivity index (χ1) is 10.6. The molecular weight excluding hydrogens is 360 g/mol. The molecule has 1 atom stereocenters. The SMILES string of the molecule is Cl.NCC[C@H]1CCc2cc(F)cc(-c3ccc(Cl)cc3Cl)c2O1. The number of benzene rings is 2. The normalized spacial score (nSPS) is 16.3. The lowest BCUT2D eigenvalue weighted by Gasteiger charge is -2.28. The van der Waals surface area contributed by atoms with Gasteiger partial charge in [-0.1, -0.05) is 29.3 Å². The minimum atomic E-state index is -0.291. The number of hydrogen-bond acceptors (Lipinski definition) is 2. The fourth-order valence-electron chi connectivity index (χ4n) is 2.81. The Kier molecular flexibility index (Phi) is 6.15. The topological polar surface area (TPSA) is 35.2 Å². The van der Waals surface area contributed by atoms with Crippen molar-refractivity contribution in [1.82, 2.24) is 0 Å². The Bertz CT molecular complexity index is 708. The summed E-state index contributed by atoms with van der Waals surface area (Å²) in [5.74, 6) is 0.413. The van der Waals surface area contributed by atoms with Gasteiger partial charge in [-0.15, -0.1) is 12.4 Å². The fourth-order valence-corrected chi connectivity index (χ4v) is 3.32. The molecular formula is C17H17Cl3FNO. The van der Waals surface area contributed by atoms with Crippen LogP contribution in [0, 0.1) is 5.82 Å². The monoisotopic (exact) mass is 375 g/mol. The number of hydrogen-bond donors (Lipinski definition) is 1. The highest BCUT2D eigenvalue weighted by Gasteiger charge is 2.24. The summed E-state index contributed by atoms with van der Waals surface area (Å²) in [6.45, 7) is 0.568. The summed E-state index contributed by atoms with van der Waals surface area (Å²) in [5.41, 5.74) is 7.87. The quantitative estimate of drug-likeness (QED) is 0.792. The van der Waals surface area contributed by atoms with Gasteiger partial charge in [-0.2, -0.15) is 0 Å². The van der Waals surface area contributed by atoms with Gasteiger partial charge >= 0.3 is 0 Å². The molecule has 2 nitrogen and oxygen atoms in total. The van der Waals surface area contributed by atoms with E-state index in [9.17, 15) is 4.39 Å². The highest BCUT2D eigenvalue weighted by atomic mass is 35.5. The molecule has 0 aliphatic carbocycles. The second-order valence-corrected chi connectivity index (χ2v) is 6.27. The summed E-state index contributed by atoms with van der Waals surface area (Å²) in [6.07, 6.45) is 2.47. The molecule has 0 saturated heterocycles. The van der Waals surface area contributed by atoms with Gasteiger partial charge in [-0.25, -0.2) is 4.39 Å². The van der Waals surface area contributed by atoms with Crippen molar-refractivity contribution >= 4 is 35.6 Å². The molecule has 1 heterocycles. The Balaban J connectivity index is 0.00000192. The van der Waals surface area contributed by atoms with E-state index in [1.54, 1.807) is 18.2 Å². The lowest BCUT2D eigenvalue weighted by Crippen LogP contribution is -2.26. The number of rotatable bonds is 3. The van der Waals surface area contributed by atoms with Crippen LogP contribution in [0.5, 0.6) is 5.75 Å². The standard InChI is InChI=1S/C17H16Cl2FNO.ClH/c18-11-2-4-14(16(19)8-11)15-9-12(20)7-10-1-3-13(5-6-21)22-17(10)15;/h2,4,7-9,13H,1,3,5-6,21H2;1H/t13-;/m1./s1. The van der Waals surface area contributed by atoms with Crippen molar-refractivity contribution in [2.75, 3.05) is 6.54 Å². The summed E-state index contributed by atoms with van der Waals surface area (Å²) in [5, 5.41) is 1.02. The van der Waals surface area contributed by atoms with Gasteiger partial charge in [0, 0.05) is 16.1 Å². The van der Waals surface area contributed by atoms with Crippen LogP contribution in [0.25, 0.3) is 11.1 Å². The van der Waals surface area contributed by atoms with E-state index in [1.165, 1.54) is 12.1 Å². The van der Waals surface area contributed by atoms with Gasteiger partial charge in [-0.05, 0) is 55.6 Å². The van der Waals surface area contributed by atoms with Gasteiger partial charge in [0.2, 0.25) is 0 Å². The van der Waals surface area contributed by atoms with E-state index in [4.69, 9.17) is 33.7 Å². The van der Waals surface area contributed by atoms with Crippen LogP contribution in [0.3, 0.4) is 0 Å². The number of nitrogens with two attached hydrogens (primary N) is 1. The van der Waals surface area contributed by atoms with E-state index in [-0.39, 0.29) is 24.3 Å². The maximum atomic E-state index is 14.0. The summed E-state index contributed by atoms with van der Waals surface area (Å²) in [4.78, 5) is 0. The van der Waals surface area contributed by atoms with E-state index < -0.39 is 0 Å². The first kappa shape index (κ1) is 18.3. The molecule has 1 aliphatic heterocycles. The van der Waals surface area contributed by atoms with E-state index in [1.807, 2.05) is 0 Å². The third kappa shape index (κ3) is 3.92. The summed E-state index contributed by atoms with van der Waals surface area (Å²) in [7, 11) is 0. The van der Waals surface area contributed by atoms with Crippen LogP contribution in [0.2, 0.25) is 10.0 Å².